The van der Waals surface area contributed by atoms with E-state index in [9.17, 15) is 4.79 Å². The second kappa shape index (κ2) is 4.04. The van der Waals surface area contributed by atoms with Crippen LogP contribution < -0.4 is 0 Å². The van der Waals surface area contributed by atoms with E-state index < -0.39 is 0 Å². The van der Waals surface area contributed by atoms with Crippen molar-refractivity contribution in [3.05, 3.63) is 17.8 Å². The predicted octanol–water partition coefficient (Wildman–Crippen LogP) is 2.08. The molecule has 12 heavy (non-hydrogen) atoms. The van der Waals surface area contributed by atoms with Crippen LogP contribution in [0.25, 0.3) is 0 Å². The topological polar surface area (TPSA) is 43.1 Å². The van der Waals surface area contributed by atoms with Gasteiger partial charge in [-0.1, -0.05) is 13.8 Å². The Balaban J connectivity index is 2.56. The molecule has 1 heterocycles. The molecule has 0 atom stereocenters. The number of aryl methyl sites for hydroxylation is 1. The fourth-order valence-electron chi connectivity index (χ4n) is 0.982. The summed E-state index contributed by atoms with van der Waals surface area (Å²) in [5.41, 5.74) is 0.440. The third-order valence-corrected chi connectivity index (χ3v) is 1.73. The van der Waals surface area contributed by atoms with Gasteiger partial charge in [-0.15, -0.1) is 0 Å². The molecule has 1 aromatic heterocycles. The second-order valence-corrected chi connectivity index (χ2v) is 3.21. The van der Waals surface area contributed by atoms with Crippen LogP contribution in [-0.2, 0) is 6.42 Å². The number of carbonyl (C=O) groups is 1. The molecule has 1 rings (SSSR count). The summed E-state index contributed by atoms with van der Waals surface area (Å²) >= 11 is 0. The van der Waals surface area contributed by atoms with Crippen molar-refractivity contribution in [1.82, 2.24) is 4.98 Å². The maximum Gasteiger partial charge on any atom is 0.181 e. The van der Waals surface area contributed by atoms with Crippen LogP contribution >= 0.6 is 0 Å². The number of aldehydes is 1. The Kier molecular flexibility index (Phi) is 3.02. The van der Waals surface area contributed by atoms with Crippen molar-refractivity contribution in [3.8, 4) is 0 Å². The summed E-state index contributed by atoms with van der Waals surface area (Å²) in [5, 5.41) is 0. The van der Waals surface area contributed by atoms with Gasteiger partial charge in [0.2, 0.25) is 0 Å². The van der Waals surface area contributed by atoms with E-state index in [0.717, 1.165) is 19.1 Å². The zero-order valence-corrected chi connectivity index (χ0v) is 7.41. The molecule has 3 heteroatoms. The van der Waals surface area contributed by atoms with E-state index in [1.165, 1.54) is 6.39 Å². The average molecular weight is 167 g/mol. The average Bonchev–Trinajstić information content (AvgIpc) is 2.47. The Labute approximate surface area is 71.8 Å². The molecule has 0 spiro atoms. The van der Waals surface area contributed by atoms with Crippen LogP contribution in [0.4, 0.5) is 0 Å². The highest BCUT2D eigenvalue weighted by Gasteiger charge is 2.06. The minimum absolute atomic E-state index is 0.440. The lowest BCUT2D eigenvalue weighted by Gasteiger charge is -2.00. The zero-order valence-electron chi connectivity index (χ0n) is 7.41. The van der Waals surface area contributed by atoms with Gasteiger partial charge in [-0.2, -0.15) is 0 Å². The van der Waals surface area contributed by atoms with E-state index in [1.54, 1.807) is 0 Å². The minimum atomic E-state index is 0.440. The molecule has 0 bridgehead atoms. The van der Waals surface area contributed by atoms with Gasteiger partial charge in [-0.3, -0.25) is 4.79 Å². The standard InChI is InChI=1S/C9H13NO2/c1-7(2)3-4-9-8(5-11)10-6-12-9/h5-7H,3-4H2,1-2H3. The van der Waals surface area contributed by atoms with Crippen molar-refractivity contribution < 1.29 is 9.21 Å². The Hall–Kier alpha value is -1.12. The summed E-state index contributed by atoms with van der Waals surface area (Å²) < 4.78 is 5.06. The van der Waals surface area contributed by atoms with Crippen molar-refractivity contribution in [2.45, 2.75) is 26.7 Å². The third-order valence-electron chi connectivity index (χ3n) is 1.73. The SMILES string of the molecule is CC(C)CCc1ocnc1C=O. The van der Waals surface area contributed by atoms with Crippen LogP contribution in [0, 0.1) is 5.92 Å². The number of oxazole rings is 1. The number of carbonyl (C=O) groups excluding carboxylic acids is 1. The van der Waals surface area contributed by atoms with Crippen molar-refractivity contribution in [2.24, 2.45) is 5.92 Å². The molecule has 66 valence electrons. The van der Waals surface area contributed by atoms with Gasteiger partial charge in [-0.25, -0.2) is 4.98 Å². The van der Waals surface area contributed by atoms with Crippen molar-refractivity contribution in [1.29, 1.82) is 0 Å². The van der Waals surface area contributed by atoms with Gasteiger partial charge in [0, 0.05) is 6.42 Å². The number of rotatable bonds is 4. The van der Waals surface area contributed by atoms with E-state index in [-0.39, 0.29) is 0 Å². The van der Waals surface area contributed by atoms with Crippen LogP contribution in [0.1, 0.15) is 36.5 Å². The van der Waals surface area contributed by atoms with Gasteiger partial charge < -0.3 is 4.42 Å². The second-order valence-electron chi connectivity index (χ2n) is 3.21. The van der Waals surface area contributed by atoms with Crippen molar-refractivity contribution in [3.63, 3.8) is 0 Å². The number of nitrogens with zero attached hydrogens (tertiary/aromatic N) is 1. The van der Waals surface area contributed by atoms with Gasteiger partial charge in [0.25, 0.3) is 0 Å². The normalized spacial score (nSPS) is 10.6. The van der Waals surface area contributed by atoms with Gasteiger partial charge in [0.05, 0.1) is 0 Å². The molecule has 0 radical (unpaired) electrons. The molecule has 0 aliphatic heterocycles. The lowest BCUT2D eigenvalue weighted by Crippen LogP contribution is -1.94. The molecule has 3 nitrogen and oxygen atoms in total. The largest absolute Gasteiger partial charge is 0.448 e. The first-order valence-corrected chi connectivity index (χ1v) is 4.11. The van der Waals surface area contributed by atoms with Crippen LogP contribution in [0.2, 0.25) is 0 Å². The summed E-state index contributed by atoms with van der Waals surface area (Å²) in [5.74, 6) is 1.33. The number of hydrogen-bond donors (Lipinski definition) is 0. The molecule has 0 aliphatic carbocycles. The molecule has 0 fully saturated rings. The molecule has 0 aliphatic rings. The van der Waals surface area contributed by atoms with Crippen molar-refractivity contribution >= 4 is 6.29 Å². The summed E-state index contributed by atoms with van der Waals surface area (Å²) in [6.45, 7) is 4.27. The Morgan fingerprint density at radius 3 is 3.00 bits per heavy atom. The van der Waals surface area contributed by atoms with Crippen LogP contribution in [0.15, 0.2) is 10.8 Å². The maximum absolute atomic E-state index is 10.4. The van der Waals surface area contributed by atoms with Gasteiger partial charge in [-0.05, 0) is 12.3 Å². The van der Waals surface area contributed by atoms with Crippen LogP contribution in [-0.4, -0.2) is 11.3 Å². The Morgan fingerprint density at radius 1 is 1.67 bits per heavy atom. The Bertz CT molecular complexity index is 253. The molecule has 0 saturated carbocycles. The van der Waals surface area contributed by atoms with E-state index in [2.05, 4.69) is 18.8 Å². The summed E-state index contributed by atoms with van der Waals surface area (Å²) in [6, 6.07) is 0. The minimum Gasteiger partial charge on any atom is -0.448 e. The molecule has 0 N–H and O–H groups in total. The van der Waals surface area contributed by atoms with E-state index in [1.807, 2.05) is 0 Å². The summed E-state index contributed by atoms with van der Waals surface area (Å²) in [6.07, 6.45) is 3.88. The van der Waals surface area contributed by atoms with Gasteiger partial charge >= 0.3 is 0 Å². The molecular formula is C9H13NO2. The van der Waals surface area contributed by atoms with Gasteiger partial charge in [0.1, 0.15) is 11.5 Å². The molecule has 0 aromatic carbocycles. The zero-order chi connectivity index (χ0) is 8.97. The first-order chi connectivity index (χ1) is 5.74. The highest BCUT2D eigenvalue weighted by molar-refractivity contribution is 5.72. The van der Waals surface area contributed by atoms with Crippen LogP contribution in [0.3, 0.4) is 0 Å². The lowest BCUT2D eigenvalue weighted by atomic mass is 10.1. The number of hydrogen-bond acceptors (Lipinski definition) is 3. The first kappa shape index (κ1) is 8.97. The number of aromatic nitrogens is 1. The Morgan fingerprint density at radius 2 is 2.42 bits per heavy atom. The van der Waals surface area contributed by atoms with Gasteiger partial charge in [0.15, 0.2) is 12.7 Å². The summed E-state index contributed by atoms with van der Waals surface area (Å²) in [4.78, 5) is 14.2. The highest BCUT2D eigenvalue weighted by atomic mass is 16.3. The monoisotopic (exact) mass is 167 g/mol. The highest BCUT2D eigenvalue weighted by Crippen LogP contribution is 2.11. The lowest BCUT2D eigenvalue weighted by molar-refractivity contribution is 0.111. The molecular weight excluding hydrogens is 154 g/mol. The molecule has 1 aromatic rings. The first-order valence-electron chi connectivity index (χ1n) is 4.11. The maximum atomic E-state index is 10.4. The third kappa shape index (κ3) is 2.19. The fourth-order valence-corrected chi connectivity index (χ4v) is 0.982. The van der Waals surface area contributed by atoms with E-state index >= 15 is 0 Å². The smallest absolute Gasteiger partial charge is 0.181 e. The molecule has 0 saturated heterocycles. The molecule has 0 amide bonds. The van der Waals surface area contributed by atoms with E-state index in [0.29, 0.717) is 17.4 Å². The predicted molar refractivity (Wildman–Crippen MR) is 45.0 cm³/mol. The fraction of sp³-hybridized carbons (Fsp3) is 0.556. The van der Waals surface area contributed by atoms with E-state index in [4.69, 9.17) is 4.42 Å². The molecule has 0 unspecified atom stereocenters. The summed E-state index contributed by atoms with van der Waals surface area (Å²) in [7, 11) is 0. The quantitative estimate of drug-likeness (QED) is 0.645. The van der Waals surface area contributed by atoms with Crippen LogP contribution in [0.5, 0.6) is 0 Å². The van der Waals surface area contributed by atoms with Crippen molar-refractivity contribution in [2.75, 3.05) is 0 Å².